The summed E-state index contributed by atoms with van der Waals surface area (Å²) in [6.07, 6.45) is 0.0760. The lowest BCUT2D eigenvalue weighted by Gasteiger charge is -2.27. The number of carbonyl (C=O) groups excluding carboxylic acids is 2. The highest BCUT2D eigenvalue weighted by Crippen LogP contribution is 2.04. The van der Waals surface area contributed by atoms with E-state index in [9.17, 15) is 14.0 Å². The molecule has 2 N–H and O–H groups in total. The number of rotatable bonds is 4. The summed E-state index contributed by atoms with van der Waals surface area (Å²) in [4.78, 5) is 25.2. The zero-order chi connectivity index (χ0) is 14.4. The van der Waals surface area contributed by atoms with E-state index in [1.165, 1.54) is 12.1 Å². The topological polar surface area (TPSA) is 61.4 Å². The van der Waals surface area contributed by atoms with E-state index < -0.39 is 0 Å². The second kappa shape index (κ2) is 7.00. The van der Waals surface area contributed by atoms with Crippen molar-refractivity contribution in [2.45, 2.75) is 6.42 Å². The van der Waals surface area contributed by atoms with Crippen molar-refractivity contribution in [1.82, 2.24) is 15.5 Å². The van der Waals surface area contributed by atoms with Crippen molar-refractivity contribution >= 4 is 11.8 Å². The molecule has 0 aliphatic carbocycles. The summed E-state index contributed by atoms with van der Waals surface area (Å²) in [6.45, 7) is 2.89. The molecule has 6 heteroatoms. The molecule has 1 saturated heterocycles. The van der Waals surface area contributed by atoms with Crippen LogP contribution in [0.3, 0.4) is 0 Å². The van der Waals surface area contributed by atoms with Gasteiger partial charge in [0.15, 0.2) is 0 Å². The summed E-state index contributed by atoms with van der Waals surface area (Å²) in [5, 5.41) is 5.73. The highest BCUT2D eigenvalue weighted by atomic mass is 19.1. The Morgan fingerprint density at radius 3 is 2.75 bits per heavy atom. The smallest absolute Gasteiger partial charge is 0.242 e. The summed E-state index contributed by atoms with van der Waals surface area (Å²) in [7, 11) is 0. The van der Waals surface area contributed by atoms with Gasteiger partial charge < -0.3 is 15.5 Å². The Hall–Kier alpha value is -1.95. The van der Waals surface area contributed by atoms with E-state index in [0.29, 0.717) is 18.7 Å². The molecule has 2 rings (SSSR count). The Labute approximate surface area is 117 Å². The first kappa shape index (κ1) is 14.5. The lowest BCUT2D eigenvalue weighted by Crippen LogP contribution is -2.49. The molecule has 0 spiro atoms. The van der Waals surface area contributed by atoms with Crippen LogP contribution >= 0.6 is 0 Å². The molecule has 1 aromatic rings. The third-order valence-corrected chi connectivity index (χ3v) is 3.16. The lowest BCUT2D eigenvalue weighted by molar-refractivity contribution is -0.133. The van der Waals surface area contributed by atoms with Gasteiger partial charge in [-0.25, -0.2) is 4.39 Å². The van der Waals surface area contributed by atoms with Gasteiger partial charge in [0, 0.05) is 26.2 Å². The Morgan fingerprint density at radius 2 is 2.05 bits per heavy atom. The number of halogens is 1. The number of hydrogen-bond donors (Lipinski definition) is 2. The monoisotopic (exact) mass is 279 g/mol. The summed E-state index contributed by atoms with van der Waals surface area (Å²) >= 11 is 0. The molecule has 0 aromatic heterocycles. The molecule has 1 aliphatic rings. The van der Waals surface area contributed by atoms with E-state index in [-0.39, 0.29) is 30.6 Å². The average Bonchev–Trinajstić information content (AvgIpc) is 2.46. The van der Waals surface area contributed by atoms with Gasteiger partial charge in [0.2, 0.25) is 11.8 Å². The van der Waals surface area contributed by atoms with E-state index in [0.717, 1.165) is 13.1 Å². The molecule has 0 radical (unpaired) electrons. The van der Waals surface area contributed by atoms with E-state index in [4.69, 9.17) is 0 Å². The van der Waals surface area contributed by atoms with Crippen LogP contribution in [-0.4, -0.2) is 49.4 Å². The highest BCUT2D eigenvalue weighted by Gasteiger charge is 2.16. The van der Waals surface area contributed by atoms with Crippen molar-refractivity contribution in [2.75, 3.05) is 32.7 Å². The molecule has 5 nitrogen and oxygen atoms in total. The molecule has 1 fully saturated rings. The van der Waals surface area contributed by atoms with E-state index in [1.54, 1.807) is 17.0 Å². The summed E-state index contributed by atoms with van der Waals surface area (Å²) in [5.41, 5.74) is 0.595. The second-order valence-corrected chi connectivity index (χ2v) is 4.71. The Bertz CT molecular complexity index is 487. The molecule has 1 aromatic carbocycles. The van der Waals surface area contributed by atoms with Crippen LogP contribution in [0, 0.1) is 5.82 Å². The van der Waals surface area contributed by atoms with Gasteiger partial charge in [-0.05, 0) is 17.7 Å². The Morgan fingerprint density at radius 1 is 1.30 bits per heavy atom. The van der Waals surface area contributed by atoms with Crippen molar-refractivity contribution in [1.29, 1.82) is 0 Å². The SMILES string of the molecule is O=C(Cc1cccc(F)c1)NCC(=O)N1CCNCC1. The quantitative estimate of drug-likeness (QED) is 0.810. The number of benzene rings is 1. The van der Waals surface area contributed by atoms with Gasteiger partial charge >= 0.3 is 0 Å². The van der Waals surface area contributed by atoms with E-state index in [2.05, 4.69) is 10.6 Å². The maximum atomic E-state index is 13.0. The number of hydrogen-bond acceptors (Lipinski definition) is 3. The zero-order valence-electron chi connectivity index (χ0n) is 11.2. The fraction of sp³-hybridized carbons (Fsp3) is 0.429. The summed E-state index contributed by atoms with van der Waals surface area (Å²) < 4.78 is 13.0. The third-order valence-electron chi connectivity index (χ3n) is 3.16. The molecule has 20 heavy (non-hydrogen) atoms. The predicted octanol–water partition coefficient (Wildman–Crippen LogP) is -0.0838. The van der Waals surface area contributed by atoms with Gasteiger partial charge in [-0.3, -0.25) is 9.59 Å². The molecule has 0 unspecified atom stereocenters. The lowest BCUT2D eigenvalue weighted by atomic mass is 10.1. The molecule has 108 valence electrons. The molecule has 1 heterocycles. The molecule has 0 atom stereocenters. The van der Waals surface area contributed by atoms with Crippen molar-refractivity contribution in [3.05, 3.63) is 35.6 Å². The van der Waals surface area contributed by atoms with Gasteiger partial charge in [0.1, 0.15) is 5.82 Å². The van der Waals surface area contributed by atoms with Crippen LogP contribution < -0.4 is 10.6 Å². The highest BCUT2D eigenvalue weighted by molar-refractivity contribution is 5.85. The van der Waals surface area contributed by atoms with E-state index >= 15 is 0 Å². The molecular formula is C14H18FN3O2. The predicted molar refractivity (Wildman–Crippen MR) is 72.6 cm³/mol. The molecule has 0 bridgehead atoms. The number of nitrogens with zero attached hydrogens (tertiary/aromatic N) is 1. The fourth-order valence-electron chi connectivity index (χ4n) is 2.10. The van der Waals surface area contributed by atoms with Crippen molar-refractivity contribution in [3.8, 4) is 0 Å². The molecule has 2 amide bonds. The van der Waals surface area contributed by atoms with Gasteiger partial charge in [-0.1, -0.05) is 12.1 Å². The van der Waals surface area contributed by atoms with Gasteiger partial charge in [-0.2, -0.15) is 0 Å². The molecular weight excluding hydrogens is 261 g/mol. The van der Waals surface area contributed by atoms with Crippen LogP contribution in [0.2, 0.25) is 0 Å². The average molecular weight is 279 g/mol. The van der Waals surface area contributed by atoms with Crippen molar-refractivity contribution in [3.63, 3.8) is 0 Å². The van der Waals surface area contributed by atoms with Gasteiger partial charge in [0.05, 0.1) is 13.0 Å². The first-order chi connectivity index (χ1) is 9.65. The number of carbonyl (C=O) groups is 2. The van der Waals surface area contributed by atoms with E-state index in [1.807, 2.05) is 0 Å². The normalized spacial score (nSPS) is 14.9. The maximum absolute atomic E-state index is 13.0. The molecule has 0 saturated carbocycles. The molecule has 1 aliphatic heterocycles. The number of amides is 2. The Balaban J connectivity index is 1.75. The van der Waals surface area contributed by atoms with Crippen LogP contribution in [0.15, 0.2) is 24.3 Å². The largest absolute Gasteiger partial charge is 0.347 e. The van der Waals surface area contributed by atoms with Crippen LogP contribution in [-0.2, 0) is 16.0 Å². The number of piperazine rings is 1. The summed E-state index contributed by atoms with van der Waals surface area (Å²) in [6, 6.07) is 5.89. The van der Waals surface area contributed by atoms with Crippen LogP contribution in [0.25, 0.3) is 0 Å². The minimum atomic E-state index is -0.368. The first-order valence-electron chi connectivity index (χ1n) is 6.65. The van der Waals surface area contributed by atoms with Crippen molar-refractivity contribution in [2.24, 2.45) is 0 Å². The van der Waals surface area contributed by atoms with Crippen LogP contribution in [0.4, 0.5) is 4.39 Å². The minimum absolute atomic E-state index is 0.00580. The maximum Gasteiger partial charge on any atom is 0.242 e. The van der Waals surface area contributed by atoms with Gasteiger partial charge in [0.25, 0.3) is 0 Å². The van der Waals surface area contributed by atoms with Gasteiger partial charge in [-0.15, -0.1) is 0 Å². The Kier molecular flexibility index (Phi) is 5.06. The minimum Gasteiger partial charge on any atom is -0.347 e. The summed E-state index contributed by atoms with van der Waals surface area (Å²) in [5.74, 6) is -0.731. The number of nitrogens with one attached hydrogen (secondary N) is 2. The zero-order valence-corrected chi connectivity index (χ0v) is 11.2. The van der Waals surface area contributed by atoms with Crippen molar-refractivity contribution < 1.29 is 14.0 Å². The third kappa shape index (κ3) is 4.31. The van der Waals surface area contributed by atoms with Crippen LogP contribution in [0.1, 0.15) is 5.56 Å². The fourth-order valence-corrected chi connectivity index (χ4v) is 2.10. The van der Waals surface area contributed by atoms with Crippen LogP contribution in [0.5, 0.6) is 0 Å². The standard InChI is InChI=1S/C14H18FN3O2/c15-12-3-1-2-11(8-12)9-13(19)17-10-14(20)18-6-4-16-5-7-18/h1-3,8,16H,4-7,9-10H2,(H,17,19). The second-order valence-electron chi connectivity index (χ2n) is 4.71. The first-order valence-corrected chi connectivity index (χ1v) is 6.65.